The Balaban J connectivity index is 2.37. The van der Waals surface area contributed by atoms with Crippen LogP contribution >= 0.6 is 0 Å². The predicted molar refractivity (Wildman–Crippen MR) is 256 cm³/mol. The Morgan fingerprint density at radius 2 is 0.889 bits per heavy atom. The zero-order chi connectivity index (χ0) is 45.9. The number of hydrogen-bond acceptors (Lipinski definition) is 10. The van der Waals surface area contributed by atoms with Crippen LogP contribution in [0.25, 0.3) is 0 Å². The predicted octanol–water partition coefficient (Wildman–Crippen LogP) is 11.1. The van der Waals surface area contributed by atoms with Crippen molar-refractivity contribution in [2.75, 3.05) is 19.8 Å². The molecule has 1 fully saturated rings. The van der Waals surface area contributed by atoms with Crippen molar-refractivity contribution in [3.8, 4) is 0 Å². The summed E-state index contributed by atoms with van der Waals surface area (Å²) in [5, 5.41) is 40.2. The molecule has 1 heterocycles. The van der Waals surface area contributed by atoms with Crippen LogP contribution in [0.3, 0.4) is 0 Å². The van der Waals surface area contributed by atoms with E-state index in [1.165, 1.54) is 51.4 Å². The summed E-state index contributed by atoms with van der Waals surface area (Å²) in [5.74, 6) is -0.888. The summed E-state index contributed by atoms with van der Waals surface area (Å²) >= 11 is 0. The Morgan fingerprint density at radius 3 is 1.30 bits per heavy atom. The van der Waals surface area contributed by atoms with E-state index >= 15 is 0 Å². The molecular formula is C53H86O10. The van der Waals surface area contributed by atoms with E-state index in [0.717, 1.165) is 77.0 Å². The maximum Gasteiger partial charge on any atom is 0.306 e. The van der Waals surface area contributed by atoms with Gasteiger partial charge in [-0.1, -0.05) is 150 Å². The second kappa shape index (κ2) is 42.6. The number of aliphatic hydroxyl groups is 4. The molecule has 0 aromatic rings. The lowest BCUT2D eigenvalue weighted by Gasteiger charge is -2.39. The van der Waals surface area contributed by atoms with Crippen LogP contribution in [0.1, 0.15) is 168 Å². The highest BCUT2D eigenvalue weighted by Crippen LogP contribution is 2.22. The molecule has 0 radical (unpaired) electrons. The lowest BCUT2D eigenvalue weighted by atomic mass is 9.99. The largest absolute Gasteiger partial charge is 0.462 e. The highest BCUT2D eigenvalue weighted by Gasteiger charge is 2.44. The van der Waals surface area contributed by atoms with Crippen molar-refractivity contribution in [1.29, 1.82) is 0 Å². The monoisotopic (exact) mass is 883 g/mol. The molecule has 0 aromatic carbocycles. The molecule has 10 nitrogen and oxygen atoms in total. The first kappa shape index (κ1) is 57.6. The first-order valence-corrected chi connectivity index (χ1v) is 24.3. The first-order chi connectivity index (χ1) is 30.8. The van der Waals surface area contributed by atoms with E-state index in [9.17, 15) is 30.0 Å². The van der Waals surface area contributed by atoms with Crippen LogP contribution < -0.4 is 0 Å². The van der Waals surface area contributed by atoms with Gasteiger partial charge in [0, 0.05) is 12.8 Å². The smallest absolute Gasteiger partial charge is 0.306 e. The van der Waals surface area contributed by atoms with Crippen molar-refractivity contribution >= 4 is 11.9 Å². The third-order valence-corrected chi connectivity index (χ3v) is 10.4. The molecule has 10 heteroatoms. The van der Waals surface area contributed by atoms with Crippen LogP contribution in [0.2, 0.25) is 0 Å². The minimum Gasteiger partial charge on any atom is -0.462 e. The van der Waals surface area contributed by atoms with Crippen molar-refractivity contribution in [1.82, 2.24) is 0 Å². The summed E-state index contributed by atoms with van der Waals surface area (Å²) in [5.41, 5.74) is 0. The Labute approximate surface area is 381 Å². The minimum atomic E-state index is -1.61. The lowest BCUT2D eigenvalue weighted by Crippen LogP contribution is -2.59. The van der Waals surface area contributed by atoms with Crippen LogP contribution in [0, 0.1) is 0 Å². The van der Waals surface area contributed by atoms with Crippen molar-refractivity contribution in [3.63, 3.8) is 0 Å². The summed E-state index contributed by atoms with van der Waals surface area (Å²) in [4.78, 5) is 25.4. The van der Waals surface area contributed by atoms with Gasteiger partial charge in [-0.25, -0.2) is 0 Å². The molecule has 6 atom stereocenters. The van der Waals surface area contributed by atoms with Crippen molar-refractivity contribution in [3.05, 3.63) is 97.2 Å². The number of rotatable bonds is 39. The molecule has 0 saturated carbocycles. The Kier molecular flexibility index (Phi) is 38.9. The van der Waals surface area contributed by atoms with E-state index in [-0.39, 0.29) is 26.1 Å². The fourth-order valence-electron chi connectivity index (χ4n) is 6.56. The molecule has 0 bridgehead atoms. The van der Waals surface area contributed by atoms with Gasteiger partial charge >= 0.3 is 11.9 Å². The van der Waals surface area contributed by atoms with Gasteiger partial charge in [0.1, 0.15) is 31.0 Å². The number of hydrogen-bond donors (Lipinski definition) is 4. The fourth-order valence-corrected chi connectivity index (χ4v) is 6.56. The minimum absolute atomic E-state index is 0.179. The summed E-state index contributed by atoms with van der Waals surface area (Å²) in [7, 11) is 0. The molecule has 63 heavy (non-hydrogen) atoms. The maximum atomic E-state index is 12.8. The highest BCUT2D eigenvalue weighted by molar-refractivity contribution is 5.70. The third kappa shape index (κ3) is 33.8. The molecular weight excluding hydrogens is 797 g/mol. The highest BCUT2D eigenvalue weighted by atomic mass is 16.7. The van der Waals surface area contributed by atoms with E-state index in [0.29, 0.717) is 12.8 Å². The van der Waals surface area contributed by atoms with E-state index in [1.54, 1.807) is 0 Å². The van der Waals surface area contributed by atoms with Crippen molar-refractivity contribution < 1.29 is 49.0 Å². The van der Waals surface area contributed by atoms with Crippen LogP contribution in [0.15, 0.2) is 97.2 Å². The second-order valence-electron chi connectivity index (χ2n) is 16.2. The zero-order valence-electron chi connectivity index (χ0n) is 39.0. The number of esters is 2. The van der Waals surface area contributed by atoms with Gasteiger partial charge in [-0.15, -0.1) is 0 Å². The molecule has 0 amide bonds. The van der Waals surface area contributed by atoms with Crippen molar-refractivity contribution in [2.45, 2.75) is 205 Å². The van der Waals surface area contributed by atoms with E-state index in [1.807, 2.05) is 0 Å². The molecule has 1 saturated heterocycles. The zero-order valence-corrected chi connectivity index (χ0v) is 39.0. The van der Waals surface area contributed by atoms with E-state index in [2.05, 4.69) is 111 Å². The fraction of sp³-hybridized carbons (Fsp3) is 0.660. The second-order valence-corrected chi connectivity index (χ2v) is 16.2. The van der Waals surface area contributed by atoms with Gasteiger partial charge in [0.25, 0.3) is 0 Å². The summed E-state index contributed by atoms with van der Waals surface area (Å²) in [6.45, 7) is 3.29. The SMILES string of the molecule is CCCCC/C=C/C/C=C/C/C=C/C/C=C/CCCCCC(=O)OC[C@@H](CO[C@H]1O[C@@H](CO)[C@@H](O)C(O)C1O)OC(=O)CCCCC/C=C/C/C=C/C/C=C/C/C=C/CCCCC. The first-order valence-electron chi connectivity index (χ1n) is 24.3. The van der Waals surface area contributed by atoms with Gasteiger partial charge in [0.05, 0.1) is 13.2 Å². The number of carbonyl (C=O) groups is 2. The van der Waals surface area contributed by atoms with Gasteiger partial charge < -0.3 is 39.4 Å². The standard InChI is InChI=1S/C53H86O10/c1-3-5-7-9-11-13-15-17-19-21-23-25-27-29-31-33-35-37-39-41-48(55)60-44-46(45-61-53-52(59)51(58)50(57)47(43-54)63-53)62-49(56)42-40-38-36-34-32-30-28-26-24-22-20-18-16-14-12-10-8-6-4-2/h11-14,17-20,23-26,29-32,46-47,50-54,57-59H,3-10,15-16,21-22,27-28,33-45H2,1-2H3/b13-11+,14-12+,19-17+,20-18+,25-23+,26-24+,31-29+,32-30+/t46-,47-,50+,51?,52?,53-/m0/s1. The summed E-state index contributed by atoms with van der Waals surface area (Å²) in [6, 6.07) is 0. The van der Waals surface area contributed by atoms with Crippen LogP contribution in [-0.2, 0) is 28.5 Å². The molecule has 358 valence electrons. The number of allylic oxidation sites excluding steroid dienone is 16. The molecule has 0 aliphatic carbocycles. The Bertz CT molecular complexity index is 1340. The van der Waals surface area contributed by atoms with E-state index < -0.39 is 55.4 Å². The van der Waals surface area contributed by atoms with E-state index in [4.69, 9.17) is 18.9 Å². The van der Waals surface area contributed by atoms with Crippen LogP contribution in [-0.4, -0.2) is 89.0 Å². The number of ether oxygens (including phenoxy) is 4. The topological polar surface area (TPSA) is 152 Å². The van der Waals surface area contributed by atoms with Crippen molar-refractivity contribution in [2.24, 2.45) is 0 Å². The number of carbonyl (C=O) groups excluding carboxylic acids is 2. The molecule has 0 spiro atoms. The summed E-state index contributed by atoms with van der Waals surface area (Å²) < 4.78 is 22.1. The van der Waals surface area contributed by atoms with Crippen LogP contribution in [0.4, 0.5) is 0 Å². The summed E-state index contributed by atoms with van der Waals surface area (Å²) in [6.07, 6.45) is 49.7. The Morgan fingerprint density at radius 1 is 0.492 bits per heavy atom. The number of aliphatic hydroxyl groups excluding tert-OH is 4. The quantitative estimate of drug-likeness (QED) is 0.0267. The third-order valence-electron chi connectivity index (χ3n) is 10.4. The molecule has 1 rings (SSSR count). The molecule has 4 N–H and O–H groups in total. The molecule has 2 unspecified atom stereocenters. The molecule has 1 aliphatic heterocycles. The normalized spacial score (nSPS) is 20.4. The van der Waals surface area contributed by atoms with Gasteiger partial charge in [-0.3, -0.25) is 9.59 Å². The van der Waals surface area contributed by atoms with Gasteiger partial charge in [0.2, 0.25) is 0 Å². The Hall–Kier alpha value is -3.38. The average Bonchev–Trinajstić information content (AvgIpc) is 3.28. The van der Waals surface area contributed by atoms with Gasteiger partial charge in [-0.2, -0.15) is 0 Å². The number of unbranched alkanes of at least 4 members (excludes halogenated alkanes) is 12. The molecule has 1 aliphatic rings. The van der Waals surface area contributed by atoms with Gasteiger partial charge in [0.15, 0.2) is 12.4 Å². The van der Waals surface area contributed by atoms with Gasteiger partial charge in [-0.05, 0) is 103 Å². The molecule has 0 aromatic heterocycles. The average molecular weight is 883 g/mol. The lowest BCUT2D eigenvalue weighted by molar-refractivity contribution is -0.305. The van der Waals surface area contributed by atoms with Crippen LogP contribution in [0.5, 0.6) is 0 Å². The maximum absolute atomic E-state index is 12.8.